The fraction of sp³-hybridized carbons (Fsp3) is 0.571. The molecule has 7 heteroatoms. The van der Waals surface area contributed by atoms with Crippen LogP contribution in [0.1, 0.15) is 26.0 Å². The summed E-state index contributed by atoms with van der Waals surface area (Å²) in [6.45, 7) is 8.37. The second kappa shape index (κ2) is 9.19. The van der Waals surface area contributed by atoms with E-state index in [4.69, 9.17) is 19.2 Å². The highest BCUT2D eigenvalue weighted by atomic mass is 16.5. The van der Waals surface area contributed by atoms with Gasteiger partial charge in [-0.05, 0) is 25.8 Å². The number of ether oxygens (including phenoxy) is 3. The minimum Gasteiger partial charge on any atom is -0.497 e. The van der Waals surface area contributed by atoms with Crippen molar-refractivity contribution in [2.45, 2.75) is 26.7 Å². The van der Waals surface area contributed by atoms with Gasteiger partial charge in [-0.1, -0.05) is 6.92 Å². The Bertz CT molecular complexity index is 811. The molecular formula is C21H32N4O3. The second-order valence-electron chi connectivity index (χ2n) is 7.61. The largest absolute Gasteiger partial charge is 0.497 e. The zero-order chi connectivity index (χ0) is 20.0. The predicted molar refractivity (Wildman–Crippen MR) is 113 cm³/mol. The van der Waals surface area contributed by atoms with Crippen LogP contribution < -0.4 is 20.1 Å². The average Bonchev–Trinajstić information content (AvgIpc) is 3.09. The molecule has 1 saturated heterocycles. The maximum Gasteiger partial charge on any atom is 0.191 e. The van der Waals surface area contributed by atoms with Gasteiger partial charge in [-0.25, -0.2) is 0 Å². The van der Waals surface area contributed by atoms with Crippen molar-refractivity contribution in [2.75, 3.05) is 47.1 Å². The summed E-state index contributed by atoms with van der Waals surface area (Å²) in [5.74, 6) is 2.49. The fourth-order valence-corrected chi connectivity index (χ4v) is 3.30. The van der Waals surface area contributed by atoms with Crippen LogP contribution >= 0.6 is 0 Å². The fourth-order valence-electron chi connectivity index (χ4n) is 3.30. The predicted octanol–water partition coefficient (Wildman–Crippen LogP) is 2.71. The number of methoxy groups -OCH3 is 2. The van der Waals surface area contributed by atoms with Gasteiger partial charge in [0.1, 0.15) is 11.5 Å². The molecule has 7 nitrogen and oxygen atoms in total. The summed E-state index contributed by atoms with van der Waals surface area (Å²) in [4.78, 5) is 8.18. The zero-order valence-corrected chi connectivity index (χ0v) is 17.4. The molecule has 28 heavy (non-hydrogen) atoms. The van der Waals surface area contributed by atoms with Crippen molar-refractivity contribution in [3.8, 4) is 11.5 Å². The molecule has 0 amide bonds. The first-order chi connectivity index (χ1) is 13.6. The lowest BCUT2D eigenvalue weighted by atomic mass is 9.89. The van der Waals surface area contributed by atoms with E-state index in [1.54, 1.807) is 14.2 Å². The highest BCUT2D eigenvalue weighted by Crippen LogP contribution is 2.31. The van der Waals surface area contributed by atoms with Crippen molar-refractivity contribution in [2.24, 2.45) is 10.4 Å². The standard InChI is InChI=1S/C21H32N4O3/c1-5-22-20(24-12-21(2)13-28-14-21)23-8-6-7-15-9-17-18(25-15)10-16(26-3)11-19(17)27-4/h9-11,25H,5-8,12-14H2,1-4H3,(H2,22,23,24). The second-order valence-corrected chi connectivity index (χ2v) is 7.61. The number of aromatic nitrogens is 1. The summed E-state index contributed by atoms with van der Waals surface area (Å²) in [5.41, 5.74) is 2.40. The van der Waals surface area contributed by atoms with Gasteiger partial charge in [-0.2, -0.15) is 0 Å². The average molecular weight is 389 g/mol. The summed E-state index contributed by atoms with van der Waals surface area (Å²) in [6.07, 6.45) is 1.94. The van der Waals surface area contributed by atoms with Gasteiger partial charge in [-0.15, -0.1) is 0 Å². The van der Waals surface area contributed by atoms with Crippen molar-refractivity contribution in [3.05, 3.63) is 23.9 Å². The quantitative estimate of drug-likeness (QED) is 0.350. The van der Waals surface area contributed by atoms with E-state index in [1.807, 2.05) is 12.1 Å². The third kappa shape index (κ3) is 4.90. The monoisotopic (exact) mass is 388 g/mol. The number of nitrogens with one attached hydrogen (secondary N) is 3. The van der Waals surface area contributed by atoms with Crippen LogP contribution in [0.15, 0.2) is 23.2 Å². The molecule has 0 saturated carbocycles. The van der Waals surface area contributed by atoms with E-state index in [-0.39, 0.29) is 5.41 Å². The van der Waals surface area contributed by atoms with E-state index in [0.29, 0.717) is 0 Å². The van der Waals surface area contributed by atoms with Crippen LogP contribution in [0.2, 0.25) is 0 Å². The molecule has 1 aromatic carbocycles. The molecule has 0 spiro atoms. The third-order valence-electron chi connectivity index (χ3n) is 4.96. The lowest BCUT2D eigenvalue weighted by Crippen LogP contribution is -2.44. The topological polar surface area (TPSA) is 79.9 Å². The Hall–Kier alpha value is -2.41. The Balaban J connectivity index is 1.54. The van der Waals surface area contributed by atoms with Crippen LogP contribution in [0.5, 0.6) is 11.5 Å². The molecule has 1 aliphatic heterocycles. The van der Waals surface area contributed by atoms with Gasteiger partial charge in [-0.3, -0.25) is 4.99 Å². The zero-order valence-electron chi connectivity index (χ0n) is 17.4. The van der Waals surface area contributed by atoms with E-state index in [9.17, 15) is 0 Å². The maximum absolute atomic E-state index is 5.49. The molecule has 2 aromatic rings. The van der Waals surface area contributed by atoms with Crippen molar-refractivity contribution < 1.29 is 14.2 Å². The van der Waals surface area contributed by atoms with Gasteiger partial charge < -0.3 is 29.8 Å². The number of aromatic amines is 1. The van der Waals surface area contributed by atoms with Gasteiger partial charge in [0.2, 0.25) is 0 Å². The number of rotatable bonds is 9. The highest BCUT2D eigenvalue weighted by molar-refractivity contribution is 5.88. The molecule has 0 bridgehead atoms. The molecule has 0 aliphatic carbocycles. The Morgan fingerprint density at radius 2 is 2.04 bits per heavy atom. The Morgan fingerprint density at radius 3 is 2.68 bits per heavy atom. The first-order valence-electron chi connectivity index (χ1n) is 9.90. The van der Waals surface area contributed by atoms with E-state index >= 15 is 0 Å². The van der Waals surface area contributed by atoms with E-state index in [0.717, 1.165) is 74.1 Å². The van der Waals surface area contributed by atoms with Crippen LogP contribution in [0.4, 0.5) is 0 Å². The third-order valence-corrected chi connectivity index (χ3v) is 4.96. The van der Waals surface area contributed by atoms with Gasteiger partial charge >= 0.3 is 0 Å². The first-order valence-corrected chi connectivity index (χ1v) is 9.90. The molecule has 3 N–H and O–H groups in total. The number of aryl methyl sites for hydroxylation is 1. The lowest BCUT2D eigenvalue weighted by molar-refractivity contribution is -0.0945. The number of nitrogens with zero attached hydrogens (tertiary/aromatic N) is 1. The van der Waals surface area contributed by atoms with Gasteiger partial charge in [0.05, 0.1) is 39.5 Å². The Labute approximate surface area is 166 Å². The van der Waals surface area contributed by atoms with Crippen LogP contribution in [0.3, 0.4) is 0 Å². The van der Waals surface area contributed by atoms with E-state index < -0.39 is 0 Å². The molecule has 1 aliphatic rings. The molecule has 0 unspecified atom stereocenters. The number of hydrogen-bond donors (Lipinski definition) is 3. The minimum absolute atomic E-state index is 0.187. The molecule has 3 rings (SSSR count). The number of H-pyrrole nitrogens is 1. The smallest absolute Gasteiger partial charge is 0.191 e. The van der Waals surface area contributed by atoms with Gasteiger partial charge in [0.15, 0.2) is 5.96 Å². The molecule has 0 radical (unpaired) electrons. The summed E-state index contributed by atoms with van der Waals surface area (Å²) in [7, 11) is 3.35. The molecule has 1 aromatic heterocycles. The van der Waals surface area contributed by atoms with Crippen molar-refractivity contribution >= 4 is 16.9 Å². The van der Waals surface area contributed by atoms with Gasteiger partial charge in [0.25, 0.3) is 0 Å². The molecule has 0 atom stereocenters. The minimum atomic E-state index is 0.187. The summed E-state index contributed by atoms with van der Waals surface area (Å²) < 4.78 is 16.1. The first kappa shape index (κ1) is 20.3. The normalized spacial score (nSPS) is 15.9. The number of guanidine groups is 1. The number of aliphatic imine (C=N–C) groups is 1. The Kier molecular flexibility index (Phi) is 6.67. The van der Waals surface area contributed by atoms with Crippen LogP contribution in [-0.2, 0) is 11.2 Å². The molecular weight excluding hydrogens is 356 g/mol. The van der Waals surface area contributed by atoms with E-state index in [2.05, 4.69) is 35.5 Å². The van der Waals surface area contributed by atoms with Crippen LogP contribution in [0.25, 0.3) is 10.9 Å². The maximum atomic E-state index is 5.49. The van der Waals surface area contributed by atoms with Gasteiger partial charge in [0, 0.05) is 41.7 Å². The Morgan fingerprint density at radius 1 is 1.21 bits per heavy atom. The van der Waals surface area contributed by atoms with Crippen molar-refractivity contribution in [1.82, 2.24) is 15.6 Å². The SMILES string of the molecule is CCNC(=NCC1(C)COC1)NCCCc1cc2c(OC)cc(OC)cc2[nH]1. The molecule has 1 fully saturated rings. The van der Waals surface area contributed by atoms with Crippen LogP contribution in [-0.4, -0.2) is 58.0 Å². The number of fused-ring (bicyclic) bond motifs is 1. The molecule has 154 valence electrons. The van der Waals surface area contributed by atoms with Crippen LogP contribution in [0, 0.1) is 5.41 Å². The molecule has 2 heterocycles. The number of benzene rings is 1. The summed E-state index contributed by atoms with van der Waals surface area (Å²) in [5, 5.41) is 7.82. The summed E-state index contributed by atoms with van der Waals surface area (Å²) >= 11 is 0. The van der Waals surface area contributed by atoms with E-state index in [1.165, 1.54) is 5.69 Å². The lowest BCUT2D eigenvalue weighted by Gasteiger charge is -2.36. The summed E-state index contributed by atoms with van der Waals surface area (Å²) in [6, 6.07) is 6.07. The highest BCUT2D eigenvalue weighted by Gasteiger charge is 2.33. The van der Waals surface area contributed by atoms with Crippen molar-refractivity contribution in [3.63, 3.8) is 0 Å². The number of hydrogen-bond acceptors (Lipinski definition) is 4. The van der Waals surface area contributed by atoms with Crippen molar-refractivity contribution in [1.29, 1.82) is 0 Å².